The number of hydrogen-bond donors (Lipinski definition) is 2. The SMILES string of the molecule is C[N+](C)(C)CCO.O=C(O)c1ccc(-c2ccc(/C=C3/SC(=O)N(Cc4ccccc4)C3=O)o2)cc1. The van der Waals surface area contributed by atoms with Gasteiger partial charge >= 0.3 is 5.97 Å². The Morgan fingerprint density at radius 1 is 1.00 bits per heavy atom. The van der Waals surface area contributed by atoms with Gasteiger partial charge < -0.3 is 19.1 Å². The highest BCUT2D eigenvalue weighted by atomic mass is 32.2. The highest BCUT2D eigenvalue weighted by Crippen LogP contribution is 2.34. The number of amides is 2. The van der Waals surface area contributed by atoms with Crippen LogP contribution in [0, 0.1) is 0 Å². The number of carboxylic acid groups (broad SMARTS) is 1. The largest absolute Gasteiger partial charge is 0.478 e. The van der Waals surface area contributed by atoms with Crippen LogP contribution in [0.5, 0.6) is 0 Å². The number of furan rings is 1. The number of quaternary nitrogens is 1. The first-order valence-corrected chi connectivity index (χ1v) is 12.0. The molecular weight excluding hydrogens is 480 g/mol. The Morgan fingerprint density at radius 3 is 2.22 bits per heavy atom. The van der Waals surface area contributed by atoms with E-state index < -0.39 is 5.97 Å². The summed E-state index contributed by atoms with van der Waals surface area (Å²) in [5.41, 5.74) is 1.78. The van der Waals surface area contributed by atoms with Crippen molar-refractivity contribution in [2.24, 2.45) is 0 Å². The van der Waals surface area contributed by atoms with Crippen molar-refractivity contribution in [1.29, 1.82) is 0 Å². The van der Waals surface area contributed by atoms with Crippen molar-refractivity contribution in [3.05, 3.63) is 88.5 Å². The molecule has 0 atom stereocenters. The normalized spacial score (nSPS) is 14.7. The number of imide groups is 1. The van der Waals surface area contributed by atoms with E-state index in [1.807, 2.05) is 30.3 Å². The maximum Gasteiger partial charge on any atom is 0.335 e. The Kier molecular flexibility index (Phi) is 8.87. The van der Waals surface area contributed by atoms with Crippen LogP contribution in [-0.2, 0) is 11.3 Å². The minimum absolute atomic E-state index is 0.188. The fraction of sp³-hybridized carbons (Fsp3) is 0.222. The van der Waals surface area contributed by atoms with Crippen LogP contribution >= 0.6 is 11.8 Å². The predicted molar refractivity (Wildman–Crippen MR) is 139 cm³/mol. The van der Waals surface area contributed by atoms with Crippen molar-refractivity contribution < 1.29 is 33.5 Å². The fourth-order valence-electron chi connectivity index (χ4n) is 3.19. The minimum atomic E-state index is -0.997. The molecule has 3 aromatic rings. The number of carbonyl (C=O) groups excluding carboxylic acids is 2. The molecule has 2 N–H and O–H groups in total. The van der Waals surface area contributed by atoms with Gasteiger partial charge in [-0.05, 0) is 41.6 Å². The first-order chi connectivity index (χ1) is 17.1. The van der Waals surface area contributed by atoms with Crippen LogP contribution in [0.3, 0.4) is 0 Å². The number of likely N-dealkylation sites (N-methyl/N-ethyl adjacent to an activating group) is 1. The molecule has 2 amide bonds. The number of aliphatic hydroxyl groups excluding tert-OH is 1. The molecule has 1 aromatic heterocycles. The zero-order chi connectivity index (χ0) is 26.3. The lowest BCUT2D eigenvalue weighted by Gasteiger charge is -2.21. The summed E-state index contributed by atoms with van der Waals surface area (Å²) in [4.78, 5) is 37.3. The van der Waals surface area contributed by atoms with Gasteiger partial charge in [0.1, 0.15) is 18.1 Å². The lowest BCUT2D eigenvalue weighted by Crippen LogP contribution is -2.36. The molecule has 0 unspecified atom stereocenters. The van der Waals surface area contributed by atoms with Gasteiger partial charge in [-0.3, -0.25) is 14.5 Å². The Balaban J connectivity index is 0.000000454. The number of benzene rings is 2. The third-order valence-corrected chi connectivity index (χ3v) is 6.05. The summed E-state index contributed by atoms with van der Waals surface area (Å²) in [6, 6.07) is 19.0. The average molecular weight is 510 g/mol. The van der Waals surface area contributed by atoms with E-state index in [1.54, 1.807) is 30.3 Å². The molecule has 36 heavy (non-hydrogen) atoms. The second kappa shape index (κ2) is 11.9. The number of aliphatic hydroxyl groups is 1. The zero-order valence-electron chi connectivity index (χ0n) is 20.4. The Bertz CT molecular complexity index is 1240. The molecule has 1 fully saturated rings. The minimum Gasteiger partial charge on any atom is -0.478 e. The highest BCUT2D eigenvalue weighted by Gasteiger charge is 2.35. The molecule has 0 saturated carbocycles. The molecule has 1 aliphatic heterocycles. The summed E-state index contributed by atoms with van der Waals surface area (Å²) in [6.07, 6.45) is 1.55. The zero-order valence-corrected chi connectivity index (χ0v) is 21.2. The molecule has 0 bridgehead atoms. The van der Waals surface area contributed by atoms with Crippen molar-refractivity contribution in [3.8, 4) is 11.3 Å². The van der Waals surface area contributed by atoms with Gasteiger partial charge in [-0.25, -0.2) is 4.79 Å². The predicted octanol–water partition coefficient (Wildman–Crippen LogP) is 4.57. The van der Waals surface area contributed by atoms with Gasteiger partial charge in [0.05, 0.1) is 44.8 Å². The summed E-state index contributed by atoms with van der Waals surface area (Å²) < 4.78 is 6.59. The lowest BCUT2D eigenvalue weighted by molar-refractivity contribution is -0.870. The molecule has 2 heterocycles. The van der Waals surface area contributed by atoms with Crippen LogP contribution in [0.1, 0.15) is 21.7 Å². The maximum atomic E-state index is 12.6. The van der Waals surface area contributed by atoms with Crippen LogP contribution in [0.2, 0.25) is 0 Å². The second-order valence-corrected chi connectivity index (χ2v) is 10.1. The number of nitrogens with zero attached hydrogens (tertiary/aromatic N) is 2. The van der Waals surface area contributed by atoms with E-state index in [4.69, 9.17) is 14.6 Å². The quantitative estimate of drug-likeness (QED) is 0.355. The number of hydrogen-bond acceptors (Lipinski definition) is 6. The summed E-state index contributed by atoms with van der Waals surface area (Å²) in [6.45, 7) is 1.34. The Morgan fingerprint density at radius 2 is 1.67 bits per heavy atom. The van der Waals surface area contributed by atoms with E-state index in [0.29, 0.717) is 22.0 Å². The van der Waals surface area contributed by atoms with Gasteiger partial charge in [-0.15, -0.1) is 0 Å². The van der Waals surface area contributed by atoms with E-state index in [1.165, 1.54) is 17.0 Å². The molecule has 1 aliphatic rings. The van der Waals surface area contributed by atoms with Crippen LogP contribution < -0.4 is 0 Å². The van der Waals surface area contributed by atoms with E-state index in [9.17, 15) is 14.4 Å². The van der Waals surface area contributed by atoms with Crippen molar-refractivity contribution in [2.75, 3.05) is 34.3 Å². The van der Waals surface area contributed by atoms with Crippen LogP contribution in [-0.4, -0.2) is 71.0 Å². The van der Waals surface area contributed by atoms with Gasteiger partial charge in [-0.1, -0.05) is 42.5 Å². The summed E-state index contributed by atoms with van der Waals surface area (Å²) in [7, 11) is 6.16. The Labute approximate surface area is 214 Å². The molecule has 8 nitrogen and oxygen atoms in total. The van der Waals surface area contributed by atoms with Gasteiger partial charge in [0.15, 0.2) is 0 Å². The van der Waals surface area contributed by atoms with Crippen LogP contribution in [0.25, 0.3) is 17.4 Å². The topological polar surface area (TPSA) is 108 Å². The summed E-state index contributed by atoms with van der Waals surface area (Å²) >= 11 is 0.879. The molecule has 0 spiro atoms. The van der Waals surface area contributed by atoms with E-state index >= 15 is 0 Å². The Hall–Kier alpha value is -3.66. The van der Waals surface area contributed by atoms with Crippen molar-refractivity contribution in [1.82, 2.24) is 4.90 Å². The van der Waals surface area contributed by atoms with E-state index in [-0.39, 0.29) is 29.9 Å². The number of rotatable bonds is 7. The average Bonchev–Trinajstić information content (AvgIpc) is 3.40. The van der Waals surface area contributed by atoms with Crippen LogP contribution in [0.4, 0.5) is 4.79 Å². The maximum absolute atomic E-state index is 12.6. The van der Waals surface area contributed by atoms with Gasteiger partial charge in [-0.2, -0.15) is 0 Å². The number of aromatic carboxylic acids is 1. The molecule has 1 saturated heterocycles. The molecule has 0 aliphatic carbocycles. The van der Waals surface area contributed by atoms with Crippen LogP contribution in [0.15, 0.2) is 76.1 Å². The first kappa shape index (κ1) is 26.9. The summed E-state index contributed by atoms with van der Waals surface area (Å²) in [5.74, 6) is -0.375. The number of thioether (sulfide) groups is 1. The molecule has 4 rings (SSSR count). The summed E-state index contributed by atoms with van der Waals surface area (Å²) in [5, 5.41) is 17.0. The van der Waals surface area contributed by atoms with Gasteiger partial charge in [0.2, 0.25) is 0 Å². The standard InChI is InChI=1S/C22H15NO5S.C5H14NO/c24-20-19(29-22(27)23(20)13-14-4-2-1-3-5-14)12-17-10-11-18(28-17)15-6-8-16(9-7-15)21(25)26;1-6(2,3)4-5-7/h1-12H,13H2,(H,25,26);7H,4-5H2,1-3H3/q;+1/b19-12+;. The van der Waals surface area contributed by atoms with E-state index in [2.05, 4.69) is 21.1 Å². The number of carbonyl (C=O) groups is 3. The van der Waals surface area contributed by atoms with Crippen molar-refractivity contribution >= 4 is 35.0 Å². The molecule has 0 radical (unpaired) electrons. The smallest absolute Gasteiger partial charge is 0.335 e. The third kappa shape index (κ3) is 7.42. The van der Waals surface area contributed by atoms with Crippen molar-refractivity contribution in [3.63, 3.8) is 0 Å². The molecular formula is C27H29N2O6S+. The fourth-order valence-corrected chi connectivity index (χ4v) is 4.01. The second-order valence-electron chi connectivity index (χ2n) is 9.08. The molecule has 188 valence electrons. The monoisotopic (exact) mass is 509 g/mol. The van der Waals surface area contributed by atoms with Gasteiger partial charge in [0.25, 0.3) is 11.1 Å². The van der Waals surface area contributed by atoms with Gasteiger partial charge in [0, 0.05) is 11.6 Å². The number of carboxylic acids is 1. The first-order valence-electron chi connectivity index (χ1n) is 11.2. The lowest BCUT2D eigenvalue weighted by atomic mass is 10.1. The third-order valence-electron chi connectivity index (χ3n) is 5.14. The van der Waals surface area contributed by atoms with Crippen molar-refractivity contribution in [2.45, 2.75) is 6.54 Å². The molecule has 2 aromatic carbocycles. The molecule has 9 heteroatoms. The van der Waals surface area contributed by atoms with E-state index in [0.717, 1.165) is 28.4 Å². The highest BCUT2D eigenvalue weighted by molar-refractivity contribution is 8.18.